The van der Waals surface area contributed by atoms with Gasteiger partial charge >= 0.3 is 0 Å². The first-order chi connectivity index (χ1) is 10.3. The number of fused-ring (bicyclic) bond motifs is 1. The maximum Gasteiger partial charge on any atom is 0.224 e. The first kappa shape index (κ1) is 12.8. The fourth-order valence-corrected chi connectivity index (χ4v) is 3.92. The molecule has 0 spiro atoms. The predicted octanol–water partition coefficient (Wildman–Crippen LogP) is 3.37. The summed E-state index contributed by atoms with van der Waals surface area (Å²) in [6.45, 7) is 1.08. The molecule has 4 rings (SSSR count). The van der Waals surface area contributed by atoms with Crippen molar-refractivity contribution in [2.24, 2.45) is 0 Å². The van der Waals surface area contributed by atoms with E-state index in [1.54, 1.807) is 11.3 Å². The van der Waals surface area contributed by atoms with Gasteiger partial charge in [0.05, 0.1) is 17.2 Å². The van der Waals surface area contributed by atoms with Gasteiger partial charge in [0, 0.05) is 29.7 Å². The van der Waals surface area contributed by atoms with E-state index in [1.165, 1.54) is 23.4 Å². The molecule has 21 heavy (non-hydrogen) atoms. The smallest absolute Gasteiger partial charge is 0.224 e. The topological polar surface area (TPSA) is 45.2 Å². The second kappa shape index (κ2) is 5.15. The summed E-state index contributed by atoms with van der Waals surface area (Å²) in [5.74, 6) is 0.122. The summed E-state index contributed by atoms with van der Waals surface area (Å²) in [4.78, 5) is 18.4. The molecule has 0 bridgehead atoms. The molecule has 1 fully saturated rings. The number of amides is 1. The van der Waals surface area contributed by atoms with Crippen molar-refractivity contribution in [1.82, 2.24) is 4.98 Å². The number of nitrogens with one attached hydrogen (secondary N) is 1. The Balaban J connectivity index is 1.65. The highest BCUT2D eigenvalue weighted by molar-refractivity contribution is 7.07. The number of carbonyl (C=O) groups excluding carboxylic acids is 1. The molecule has 0 radical (unpaired) electrons. The summed E-state index contributed by atoms with van der Waals surface area (Å²) < 4.78 is 0. The van der Waals surface area contributed by atoms with E-state index in [1.807, 2.05) is 11.6 Å². The Morgan fingerprint density at radius 2 is 2.29 bits per heavy atom. The lowest BCUT2D eigenvalue weighted by Crippen LogP contribution is -2.24. The second-order valence-electron chi connectivity index (χ2n) is 5.65. The first-order valence-corrected chi connectivity index (χ1v) is 8.33. The van der Waals surface area contributed by atoms with E-state index in [0.717, 1.165) is 25.1 Å². The van der Waals surface area contributed by atoms with E-state index in [9.17, 15) is 4.79 Å². The summed E-state index contributed by atoms with van der Waals surface area (Å²) in [6, 6.07) is 6.79. The van der Waals surface area contributed by atoms with Crippen LogP contribution in [0.1, 0.15) is 36.6 Å². The fourth-order valence-electron chi connectivity index (χ4n) is 3.32. The number of aromatic nitrogens is 1. The van der Waals surface area contributed by atoms with Crippen LogP contribution in [0, 0.1) is 0 Å². The SMILES string of the molecule is O=C1CCc2cc(N3CCCC3c3cscn3)ccc2N1. The molecule has 2 aromatic rings. The van der Waals surface area contributed by atoms with Gasteiger partial charge in [-0.05, 0) is 43.0 Å². The zero-order valence-electron chi connectivity index (χ0n) is 11.7. The predicted molar refractivity (Wildman–Crippen MR) is 84.8 cm³/mol. The van der Waals surface area contributed by atoms with Crippen LogP contribution in [0.2, 0.25) is 0 Å². The van der Waals surface area contributed by atoms with Gasteiger partial charge in [-0.3, -0.25) is 4.79 Å². The summed E-state index contributed by atoms with van der Waals surface area (Å²) >= 11 is 1.66. The number of thiazole rings is 1. The molecular formula is C16H17N3OS. The standard InChI is InChI=1S/C16H17N3OS/c20-16-6-3-11-8-12(4-5-13(11)18-16)19-7-1-2-15(19)14-9-21-10-17-14/h4-5,8-10,15H,1-3,6-7H2,(H,18,20). The molecule has 2 aliphatic rings. The quantitative estimate of drug-likeness (QED) is 0.924. The lowest BCUT2D eigenvalue weighted by Gasteiger charge is -2.27. The summed E-state index contributed by atoms with van der Waals surface area (Å²) in [5, 5.41) is 5.10. The molecule has 1 unspecified atom stereocenters. The van der Waals surface area contributed by atoms with Crippen molar-refractivity contribution in [3.63, 3.8) is 0 Å². The maximum atomic E-state index is 11.4. The average Bonchev–Trinajstić information content (AvgIpc) is 3.17. The van der Waals surface area contributed by atoms with Crippen LogP contribution < -0.4 is 10.2 Å². The molecule has 5 heteroatoms. The number of rotatable bonds is 2. The second-order valence-corrected chi connectivity index (χ2v) is 6.37. The third kappa shape index (κ3) is 2.31. The number of aryl methyl sites for hydroxylation is 1. The van der Waals surface area contributed by atoms with Crippen molar-refractivity contribution in [2.45, 2.75) is 31.7 Å². The van der Waals surface area contributed by atoms with Crippen LogP contribution in [0.4, 0.5) is 11.4 Å². The largest absolute Gasteiger partial charge is 0.363 e. The van der Waals surface area contributed by atoms with Crippen LogP contribution in [-0.4, -0.2) is 17.4 Å². The molecular weight excluding hydrogens is 282 g/mol. The van der Waals surface area contributed by atoms with Crippen molar-refractivity contribution in [1.29, 1.82) is 0 Å². The maximum absolute atomic E-state index is 11.4. The van der Waals surface area contributed by atoms with E-state index in [-0.39, 0.29) is 5.91 Å². The van der Waals surface area contributed by atoms with Crippen LogP contribution in [0.3, 0.4) is 0 Å². The van der Waals surface area contributed by atoms with Crippen LogP contribution in [0.25, 0.3) is 0 Å². The van der Waals surface area contributed by atoms with Gasteiger partial charge < -0.3 is 10.2 Å². The molecule has 1 aromatic heterocycles. The van der Waals surface area contributed by atoms with E-state index < -0.39 is 0 Å². The van der Waals surface area contributed by atoms with Crippen LogP contribution in [0.5, 0.6) is 0 Å². The lowest BCUT2D eigenvalue weighted by atomic mass is 10.0. The van der Waals surface area contributed by atoms with Gasteiger partial charge in [0.2, 0.25) is 5.91 Å². The Bertz CT molecular complexity index is 668. The number of hydrogen-bond acceptors (Lipinski definition) is 4. The van der Waals surface area contributed by atoms with Crippen molar-refractivity contribution >= 4 is 28.6 Å². The van der Waals surface area contributed by atoms with E-state index in [0.29, 0.717) is 12.5 Å². The van der Waals surface area contributed by atoms with Gasteiger partial charge in [0.1, 0.15) is 0 Å². The van der Waals surface area contributed by atoms with E-state index in [4.69, 9.17) is 0 Å². The average molecular weight is 299 g/mol. The minimum absolute atomic E-state index is 0.122. The molecule has 0 aliphatic carbocycles. The molecule has 3 heterocycles. The third-order valence-electron chi connectivity index (χ3n) is 4.36. The Kier molecular flexibility index (Phi) is 3.15. The van der Waals surface area contributed by atoms with Gasteiger partial charge in [0.25, 0.3) is 0 Å². The number of benzene rings is 1. The van der Waals surface area contributed by atoms with Gasteiger partial charge in [-0.2, -0.15) is 0 Å². The Hall–Kier alpha value is -1.88. The zero-order chi connectivity index (χ0) is 14.2. The van der Waals surface area contributed by atoms with Gasteiger partial charge in [-0.15, -0.1) is 11.3 Å². The molecule has 1 amide bonds. The Morgan fingerprint density at radius 3 is 3.14 bits per heavy atom. The highest BCUT2D eigenvalue weighted by Gasteiger charge is 2.28. The Labute approximate surface area is 127 Å². The molecule has 1 N–H and O–H groups in total. The first-order valence-electron chi connectivity index (χ1n) is 7.39. The monoisotopic (exact) mass is 299 g/mol. The summed E-state index contributed by atoms with van der Waals surface area (Å²) in [5.41, 5.74) is 6.56. The van der Waals surface area contributed by atoms with Crippen molar-refractivity contribution < 1.29 is 4.79 Å². The van der Waals surface area contributed by atoms with Crippen molar-refractivity contribution in [3.05, 3.63) is 40.3 Å². The van der Waals surface area contributed by atoms with Crippen LogP contribution in [-0.2, 0) is 11.2 Å². The molecule has 1 aromatic carbocycles. The van der Waals surface area contributed by atoms with Gasteiger partial charge in [0.15, 0.2) is 0 Å². The van der Waals surface area contributed by atoms with Crippen molar-refractivity contribution in [2.75, 3.05) is 16.8 Å². The normalized spacial score (nSPS) is 21.2. The fraction of sp³-hybridized carbons (Fsp3) is 0.375. The minimum atomic E-state index is 0.122. The molecule has 0 saturated carbocycles. The van der Waals surface area contributed by atoms with E-state index >= 15 is 0 Å². The molecule has 108 valence electrons. The number of hydrogen-bond donors (Lipinski definition) is 1. The highest BCUT2D eigenvalue weighted by Crippen LogP contribution is 2.37. The Morgan fingerprint density at radius 1 is 1.33 bits per heavy atom. The molecule has 1 atom stereocenters. The summed E-state index contributed by atoms with van der Waals surface area (Å²) in [7, 11) is 0. The van der Waals surface area contributed by atoms with Crippen LogP contribution in [0.15, 0.2) is 29.1 Å². The highest BCUT2D eigenvalue weighted by atomic mass is 32.1. The van der Waals surface area contributed by atoms with Crippen molar-refractivity contribution in [3.8, 4) is 0 Å². The molecule has 2 aliphatic heterocycles. The van der Waals surface area contributed by atoms with E-state index in [2.05, 4.69) is 32.7 Å². The number of nitrogens with zero attached hydrogens (tertiary/aromatic N) is 2. The summed E-state index contributed by atoms with van der Waals surface area (Å²) in [6.07, 6.45) is 3.80. The van der Waals surface area contributed by atoms with Gasteiger partial charge in [-0.1, -0.05) is 0 Å². The lowest BCUT2D eigenvalue weighted by molar-refractivity contribution is -0.116. The number of anilines is 2. The minimum Gasteiger partial charge on any atom is -0.363 e. The molecule has 4 nitrogen and oxygen atoms in total. The number of carbonyl (C=O) groups is 1. The third-order valence-corrected chi connectivity index (χ3v) is 4.97. The van der Waals surface area contributed by atoms with Crippen LogP contribution >= 0.6 is 11.3 Å². The molecule has 1 saturated heterocycles. The zero-order valence-corrected chi connectivity index (χ0v) is 12.5. The van der Waals surface area contributed by atoms with Gasteiger partial charge in [-0.25, -0.2) is 4.98 Å².